The maximum absolute atomic E-state index is 3.93. The van der Waals surface area contributed by atoms with Gasteiger partial charge in [-0.25, -0.2) is 0 Å². The van der Waals surface area contributed by atoms with Crippen LogP contribution in [0.3, 0.4) is 0 Å². The molecule has 2 aliphatic carbocycles. The molecule has 1 N–H and O–H groups in total. The van der Waals surface area contributed by atoms with Gasteiger partial charge in [0.2, 0.25) is 0 Å². The standard InChI is InChI=1S/C16H31N/c1-3-6-13-8-5-9-15(11-10-13)17-16-12-14(16)7-4-2/h13-17H,3-12H2,1-2H3. The lowest BCUT2D eigenvalue weighted by molar-refractivity contribution is 0.405. The van der Waals surface area contributed by atoms with Crippen LogP contribution < -0.4 is 5.32 Å². The maximum Gasteiger partial charge on any atom is 0.0102 e. The molecule has 0 spiro atoms. The number of hydrogen-bond acceptors (Lipinski definition) is 1. The lowest BCUT2D eigenvalue weighted by Gasteiger charge is -2.17. The molecular weight excluding hydrogens is 206 g/mol. The molecule has 0 radical (unpaired) electrons. The van der Waals surface area contributed by atoms with Gasteiger partial charge >= 0.3 is 0 Å². The van der Waals surface area contributed by atoms with Gasteiger partial charge in [-0.3, -0.25) is 0 Å². The zero-order valence-corrected chi connectivity index (χ0v) is 11.9. The minimum atomic E-state index is 0.851. The maximum atomic E-state index is 3.93. The first kappa shape index (κ1) is 13.4. The highest BCUT2D eigenvalue weighted by Gasteiger charge is 2.37. The van der Waals surface area contributed by atoms with Gasteiger partial charge in [-0.2, -0.15) is 0 Å². The highest BCUT2D eigenvalue weighted by Crippen LogP contribution is 2.36. The van der Waals surface area contributed by atoms with Crippen LogP contribution in [0.25, 0.3) is 0 Å². The lowest BCUT2D eigenvalue weighted by Crippen LogP contribution is -2.31. The third-order valence-corrected chi connectivity index (χ3v) is 4.82. The van der Waals surface area contributed by atoms with Crippen LogP contribution in [0.5, 0.6) is 0 Å². The topological polar surface area (TPSA) is 12.0 Å². The van der Waals surface area contributed by atoms with Gasteiger partial charge in [0.15, 0.2) is 0 Å². The molecule has 0 amide bonds. The Hall–Kier alpha value is -0.0400. The van der Waals surface area contributed by atoms with E-state index in [0.717, 1.165) is 23.9 Å². The van der Waals surface area contributed by atoms with Crippen molar-refractivity contribution in [2.75, 3.05) is 0 Å². The van der Waals surface area contributed by atoms with E-state index in [1.807, 2.05) is 0 Å². The molecule has 0 heterocycles. The van der Waals surface area contributed by atoms with Crippen LogP contribution in [-0.2, 0) is 0 Å². The molecule has 0 aliphatic heterocycles. The van der Waals surface area contributed by atoms with Crippen molar-refractivity contribution < 1.29 is 0 Å². The summed E-state index contributed by atoms with van der Waals surface area (Å²) in [5, 5.41) is 3.93. The van der Waals surface area contributed by atoms with E-state index >= 15 is 0 Å². The fraction of sp³-hybridized carbons (Fsp3) is 1.00. The van der Waals surface area contributed by atoms with Gasteiger partial charge in [0.1, 0.15) is 0 Å². The molecule has 4 unspecified atom stereocenters. The summed E-state index contributed by atoms with van der Waals surface area (Å²) in [5.41, 5.74) is 0. The van der Waals surface area contributed by atoms with Gasteiger partial charge in [-0.05, 0) is 43.9 Å². The van der Waals surface area contributed by atoms with Gasteiger partial charge in [-0.1, -0.05) is 46.0 Å². The van der Waals surface area contributed by atoms with Crippen LogP contribution in [0, 0.1) is 11.8 Å². The zero-order valence-electron chi connectivity index (χ0n) is 11.9. The average molecular weight is 237 g/mol. The first-order valence-corrected chi connectivity index (χ1v) is 8.09. The molecule has 0 aromatic carbocycles. The molecule has 100 valence electrons. The van der Waals surface area contributed by atoms with Gasteiger partial charge in [0.05, 0.1) is 0 Å². The molecule has 2 rings (SSSR count). The Morgan fingerprint density at radius 3 is 2.53 bits per heavy atom. The minimum absolute atomic E-state index is 0.851. The van der Waals surface area contributed by atoms with E-state index in [1.54, 1.807) is 0 Å². The van der Waals surface area contributed by atoms with Crippen molar-refractivity contribution >= 4 is 0 Å². The second kappa shape index (κ2) is 6.78. The SMILES string of the molecule is CCCC1CCCC(NC2CC2CCC)CC1. The van der Waals surface area contributed by atoms with E-state index in [-0.39, 0.29) is 0 Å². The van der Waals surface area contributed by atoms with E-state index in [2.05, 4.69) is 19.2 Å². The molecular formula is C16H31N. The Bertz CT molecular complexity index is 214. The van der Waals surface area contributed by atoms with Crippen LogP contribution >= 0.6 is 0 Å². The molecule has 2 fully saturated rings. The van der Waals surface area contributed by atoms with Gasteiger partial charge < -0.3 is 5.32 Å². The fourth-order valence-corrected chi connectivity index (χ4v) is 3.69. The first-order chi connectivity index (χ1) is 8.33. The minimum Gasteiger partial charge on any atom is -0.311 e. The fourth-order valence-electron chi connectivity index (χ4n) is 3.69. The molecule has 0 aromatic rings. The van der Waals surface area contributed by atoms with Crippen LogP contribution in [0.2, 0.25) is 0 Å². The Balaban J connectivity index is 1.65. The lowest BCUT2D eigenvalue weighted by atomic mass is 9.95. The van der Waals surface area contributed by atoms with E-state index in [1.165, 1.54) is 64.2 Å². The highest BCUT2D eigenvalue weighted by atomic mass is 15.0. The van der Waals surface area contributed by atoms with Gasteiger partial charge in [0.25, 0.3) is 0 Å². The number of rotatable bonds is 6. The van der Waals surface area contributed by atoms with Crippen molar-refractivity contribution in [2.24, 2.45) is 11.8 Å². The Kier molecular flexibility index (Phi) is 5.34. The van der Waals surface area contributed by atoms with Crippen LogP contribution in [0.4, 0.5) is 0 Å². The molecule has 1 heteroatoms. The summed E-state index contributed by atoms with van der Waals surface area (Å²) >= 11 is 0. The van der Waals surface area contributed by atoms with E-state index in [0.29, 0.717) is 0 Å². The van der Waals surface area contributed by atoms with Crippen LogP contribution in [0.1, 0.15) is 78.1 Å². The quantitative estimate of drug-likeness (QED) is 0.670. The Labute approximate surface area is 108 Å². The van der Waals surface area contributed by atoms with Crippen molar-refractivity contribution in [3.63, 3.8) is 0 Å². The largest absolute Gasteiger partial charge is 0.311 e. The van der Waals surface area contributed by atoms with Crippen molar-refractivity contribution in [1.82, 2.24) is 5.32 Å². The van der Waals surface area contributed by atoms with Crippen molar-refractivity contribution in [2.45, 2.75) is 90.1 Å². The van der Waals surface area contributed by atoms with E-state index in [9.17, 15) is 0 Å². The third kappa shape index (κ3) is 4.28. The van der Waals surface area contributed by atoms with Crippen LogP contribution in [-0.4, -0.2) is 12.1 Å². The second-order valence-electron chi connectivity index (χ2n) is 6.42. The molecule has 17 heavy (non-hydrogen) atoms. The van der Waals surface area contributed by atoms with Crippen molar-refractivity contribution in [1.29, 1.82) is 0 Å². The number of hydrogen-bond donors (Lipinski definition) is 1. The predicted octanol–water partition coefficient (Wildman–Crippen LogP) is 4.51. The summed E-state index contributed by atoms with van der Waals surface area (Å²) < 4.78 is 0. The molecule has 2 aliphatic rings. The van der Waals surface area contributed by atoms with E-state index < -0.39 is 0 Å². The van der Waals surface area contributed by atoms with Crippen molar-refractivity contribution in [3.8, 4) is 0 Å². The molecule has 0 saturated heterocycles. The van der Waals surface area contributed by atoms with Crippen molar-refractivity contribution in [3.05, 3.63) is 0 Å². The molecule has 4 atom stereocenters. The zero-order chi connectivity index (χ0) is 12.1. The highest BCUT2D eigenvalue weighted by molar-refractivity contribution is 4.95. The van der Waals surface area contributed by atoms with E-state index in [4.69, 9.17) is 0 Å². The molecule has 0 aromatic heterocycles. The third-order valence-electron chi connectivity index (χ3n) is 4.82. The van der Waals surface area contributed by atoms with Crippen LogP contribution in [0.15, 0.2) is 0 Å². The number of nitrogens with one attached hydrogen (secondary N) is 1. The molecule has 2 saturated carbocycles. The summed E-state index contributed by atoms with van der Waals surface area (Å²) in [6.07, 6.45) is 14.4. The molecule has 0 bridgehead atoms. The summed E-state index contributed by atoms with van der Waals surface area (Å²) in [6, 6.07) is 1.74. The Morgan fingerprint density at radius 1 is 0.941 bits per heavy atom. The average Bonchev–Trinajstić information content (AvgIpc) is 3.06. The monoisotopic (exact) mass is 237 g/mol. The normalized spacial score (nSPS) is 37.8. The summed E-state index contributed by atoms with van der Waals surface area (Å²) in [5.74, 6) is 2.06. The van der Waals surface area contributed by atoms with Gasteiger partial charge in [-0.15, -0.1) is 0 Å². The summed E-state index contributed by atoms with van der Waals surface area (Å²) in [7, 11) is 0. The summed E-state index contributed by atoms with van der Waals surface area (Å²) in [4.78, 5) is 0. The smallest absolute Gasteiger partial charge is 0.0102 e. The predicted molar refractivity (Wildman–Crippen MR) is 75.2 cm³/mol. The molecule has 1 nitrogen and oxygen atoms in total. The second-order valence-corrected chi connectivity index (χ2v) is 6.42. The Morgan fingerprint density at radius 2 is 1.76 bits per heavy atom. The first-order valence-electron chi connectivity index (χ1n) is 8.09. The summed E-state index contributed by atoms with van der Waals surface area (Å²) in [6.45, 7) is 4.65. The van der Waals surface area contributed by atoms with Gasteiger partial charge in [0, 0.05) is 12.1 Å².